The molecule has 0 aliphatic heterocycles. The normalized spacial score (nSPS) is 10.6. The number of halogens is 1. The van der Waals surface area contributed by atoms with Crippen LogP contribution in [0.2, 0.25) is 0 Å². The molecule has 16 heavy (non-hydrogen) atoms. The van der Waals surface area contributed by atoms with Crippen LogP contribution in [0.4, 0.5) is 0 Å². The van der Waals surface area contributed by atoms with Gasteiger partial charge in [-0.15, -0.1) is 0 Å². The fourth-order valence-electron chi connectivity index (χ4n) is 1.43. The fourth-order valence-corrected chi connectivity index (χ4v) is 1.67. The molecular weight excluding hydrogens is 268 g/mol. The van der Waals surface area contributed by atoms with Crippen LogP contribution in [-0.2, 0) is 13.1 Å². The van der Waals surface area contributed by atoms with Crippen LogP contribution >= 0.6 is 15.9 Å². The molecule has 0 aliphatic carbocycles. The number of hydrogen-bond acceptors (Lipinski definition) is 3. The Morgan fingerprint density at radius 2 is 2.19 bits per heavy atom. The first-order chi connectivity index (χ1) is 7.78. The highest BCUT2D eigenvalue weighted by atomic mass is 79.9. The van der Waals surface area contributed by atoms with Crippen molar-refractivity contribution in [1.29, 1.82) is 0 Å². The lowest BCUT2D eigenvalue weighted by Gasteiger charge is -2.01. The number of nitrogens with one attached hydrogen (secondary N) is 1. The van der Waals surface area contributed by atoms with Gasteiger partial charge in [0.25, 0.3) is 0 Å². The second kappa shape index (κ2) is 5.23. The predicted octanol–water partition coefficient (Wildman–Crippen LogP) is 1.81. The highest BCUT2D eigenvalue weighted by Crippen LogP contribution is 2.08. The van der Waals surface area contributed by atoms with E-state index in [0.717, 1.165) is 22.4 Å². The molecule has 0 amide bonds. The highest BCUT2D eigenvalue weighted by molar-refractivity contribution is 9.10. The van der Waals surface area contributed by atoms with Gasteiger partial charge in [0.05, 0.1) is 17.9 Å². The van der Waals surface area contributed by atoms with E-state index in [1.165, 1.54) is 0 Å². The first kappa shape index (κ1) is 11.3. The van der Waals surface area contributed by atoms with Crippen molar-refractivity contribution in [2.75, 3.05) is 7.05 Å². The molecule has 0 aliphatic rings. The molecule has 0 radical (unpaired) electrons. The van der Waals surface area contributed by atoms with Crippen molar-refractivity contribution in [2.45, 2.75) is 13.1 Å². The van der Waals surface area contributed by atoms with E-state index in [2.05, 4.69) is 31.3 Å². The third kappa shape index (κ3) is 2.90. The van der Waals surface area contributed by atoms with Crippen molar-refractivity contribution < 1.29 is 0 Å². The Bertz CT molecular complexity index is 449. The fraction of sp³-hybridized carbons (Fsp3) is 0.273. The minimum absolute atomic E-state index is 0.705. The zero-order valence-electron chi connectivity index (χ0n) is 9.02. The molecule has 0 unspecified atom stereocenters. The molecule has 2 aromatic heterocycles. The Hall–Kier alpha value is -1.20. The Kier molecular flexibility index (Phi) is 3.69. The Morgan fingerprint density at radius 1 is 1.31 bits per heavy atom. The molecule has 2 heterocycles. The first-order valence-electron chi connectivity index (χ1n) is 5.05. The van der Waals surface area contributed by atoms with Gasteiger partial charge in [0.15, 0.2) is 0 Å². The average Bonchev–Trinajstić information content (AvgIpc) is 2.70. The minimum Gasteiger partial charge on any atom is -0.314 e. The summed E-state index contributed by atoms with van der Waals surface area (Å²) in [7, 11) is 1.91. The zero-order valence-corrected chi connectivity index (χ0v) is 10.6. The van der Waals surface area contributed by atoms with Crippen molar-refractivity contribution in [3.63, 3.8) is 0 Å². The largest absolute Gasteiger partial charge is 0.314 e. The van der Waals surface area contributed by atoms with E-state index in [4.69, 9.17) is 0 Å². The quantitative estimate of drug-likeness (QED) is 0.929. The van der Waals surface area contributed by atoms with Gasteiger partial charge in [-0.2, -0.15) is 5.10 Å². The maximum atomic E-state index is 4.42. The summed E-state index contributed by atoms with van der Waals surface area (Å²) in [6.45, 7) is 1.50. The highest BCUT2D eigenvalue weighted by Gasteiger charge is 2.00. The maximum absolute atomic E-state index is 4.42. The minimum atomic E-state index is 0.705. The molecule has 1 N–H and O–H groups in total. The topological polar surface area (TPSA) is 42.7 Å². The number of aromatic nitrogens is 3. The third-order valence-corrected chi connectivity index (χ3v) is 2.64. The molecule has 2 rings (SSSR count). The van der Waals surface area contributed by atoms with Crippen LogP contribution in [0.1, 0.15) is 11.4 Å². The molecule has 84 valence electrons. The predicted molar refractivity (Wildman–Crippen MR) is 66.0 cm³/mol. The SMILES string of the molecule is CNCc1ccn(Cc2ccc(Br)cn2)n1. The molecule has 0 bridgehead atoms. The number of hydrogen-bond donors (Lipinski definition) is 1. The molecule has 0 fully saturated rings. The summed E-state index contributed by atoms with van der Waals surface area (Å²) < 4.78 is 2.88. The molecule has 0 saturated carbocycles. The number of rotatable bonds is 4. The summed E-state index contributed by atoms with van der Waals surface area (Å²) in [5, 5.41) is 7.49. The van der Waals surface area contributed by atoms with Gasteiger partial charge in [-0.05, 0) is 41.2 Å². The summed E-state index contributed by atoms with van der Waals surface area (Å²) >= 11 is 3.36. The van der Waals surface area contributed by atoms with Crippen molar-refractivity contribution >= 4 is 15.9 Å². The smallest absolute Gasteiger partial charge is 0.0831 e. The van der Waals surface area contributed by atoms with Crippen LogP contribution in [0, 0.1) is 0 Å². The molecular formula is C11H13BrN4. The molecule has 2 aromatic rings. The molecule has 0 spiro atoms. The maximum Gasteiger partial charge on any atom is 0.0831 e. The second-order valence-electron chi connectivity index (χ2n) is 3.50. The van der Waals surface area contributed by atoms with Crippen LogP contribution in [0.25, 0.3) is 0 Å². The van der Waals surface area contributed by atoms with Gasteiger partial charge in [0.2, 0.25) is 0 Å². The van der Waals surface area contributed by atoms with Crippen LogP contribution in [0.5, 0.6) is 0 Å². The Morgan fingerprint density at radius 3 is 2.88 bits per heavy atom. The third-order valence-electron chi connectivity index (χ3n) is 2.17. The van der Waals surface area contributed by atoms with Gasteiger partial charge < -0.3 is 5.32 Å². The monoisotopic (exact) mass is 280 g/mol. The van der Waals surface area contributed by atoms with Crippen LogP contribution in [-0.4, -0.2) is 21.8 Å². The van der Waals surface area contributed by atoms with E-state index >= 15 is 0 Å². The zero-order chi connectivity index (χ0) is 11.4. The molecule has 0 saturated heterocycles. The van der Waals surface area contributed by atoms with Gasteiger partial charge in [-0.3, -0.25) is 9.67 Å². The molecule has 5 heteroatoms. The first-order valence-corrected chi connectivity index (χ1v) is 5.84. The number of nitrogens with zero attached hydrogens (tertiary/aromatic N) is 3. The van der Waals surface area contributed by atoms with E-state index in [1.807, 2.05) is 36.1 Å². The van der Waals surface area contributed by atoms with Crippen molar-refractivity contribution in [1.82, 2.24) is 20.1 Å². The van der Waals surface area contributed by atoms with Crippen molar-refractivity contribution in [2.24, 2.45) is 0 Å². The van der Waals surface area contributed by atoms with E-state index in [-0.39, 0.29) is 0 Å². The van der Waals surface area contributed by atoms with E-state index in [0.29, 0.717) is 6.54 Å². The molecule has 4 nitrogen and oxygen atoms in total. The van der Waals surface area contributed by atoms with E-state index in [9.17, 15) is 0 Å². The van der Waals surface area contributed by atoms with Crippen LogP contribution < -0.4 is 5.32 Å². The molecule has 0 atom stereocenters. The number of pyridine rings is 1. The average molecular weight is 281 g/mol. The summed E-state index contributed by atoms with van der Waals surface area (Å²) in [6.07, 6.45) is 3.77. The van der Waals surface area contributed by atoms with E-state index in [1.54, 1.807) is 6.20 Å². The van der Waals surface area contributed by atoms with Gasteiger partial charge in [0, 0.05) is 23.4 Å². The van der Waals surface area contributed by atoms with Gasteiger partial charge in [-0.25, -0.2) is 0 Å². The van der Waals surface area contributed by atoms with Gasteiger partial charge >= 0.3 is 0 Å². The Labute approximate surface area is 103 Å². The summed E-state index contributed by atoms with van der Waals surface area (Å²) in [5.74, 6) is 0. The summed E-state index contributed by atoms with van der Waals surface area (Å²) in [4.78, 5) is 4.31. The van der Waals surface area contributed by atoms with Crippen molar-refractivity contribution in [3.8, 4) is 0 Å². The van der Waals surface area contributed by atoms with Crippen LogP contribution in [0.15, 0.2) is 35.1 Å². The lowest BCUT2D eigenvalue weighted by Crippen LogP contribution is -2.07. The summed E-state index contributed by atoms with van der Waals surface area (Å²) in [6, 6.07) is 5.99. The van der Waals surface area contributed by atoms with Crippen LogP contribution in [0.3, 0.4) is 0 Å². The van der Waals surface area contributed by atoms with Gasteiger partial charge in [-0.1, -0.05) is 0 Å². The lowest BCUT2D eigenvalue weighted by molar-refractivity contribution is 0.648. The summed E-state index contributed by atoms with van der Waals surface area (Å²) in [5.41, 5.74) is 2.04. The Balaban J connectivity index is 2.05. The molecule has 0 aromatic carbocycles. The standard InChI is InChI=1S/C11H13BrN4/c1-13-7-10-4-5-16(15-10)8-11-3-2-9(12)6-14-11/h2-6,13H,7-8H2,1H3. The van der Waals surface area contributed by atoms with Gasteiger partial charge in [0.1, 0.15) is 0 Å². The van der Waals surface area contributed by atoms with E-state index < -0.39 is 0 Å². The second-order valence-corrected chi connectivity index (χ2v) is 4.42. The lowest BCUT2D eigenvalue weighted by atomic mass is 10.3. The van der Waals surface area contributed by atoms with Crippen molar-refractivity contribution in [3.05, 3.63) is 46.5 Å².